The van der Waals surface area contributed by atoms with Gasteiger partial charge in [-0.15, -0.1) is 0 Å². The van der Waals surface area contributed by atoms with E-state index in [0.29, 0.717) is 12.0 Å². The van der Waals surface area contributed by atoms with Crippen molar-refractivity contribution in [1.82, 2.24) is 15.1 Å². The van der Waals surface area contributed by atoms with Gasteiger partial charge >= 0.3 is 0 Å². The summed E-state index contributed by atoms with van der Waals surface area (Å²) in [5.41, 5.74) is 0. The molecule has 0 saturated carbocycles. The van der Waals surface area contributed by atoms with Crippen molar-refractivity contribution in [3.63, 3.8) is 0 Å². The molecule has 2 aliphatic heterocycles. The third-order valence-corrected chi connectivity index (χ3v) is 5.38. The normalized spacial score (nSPS) is 28.9. The Balaban J connectivity index is 1.93. The van der Waals surface area contributed by atoms with Crippen LogP contribution >= 0.6 is 0 Å². The topological polar surface area (TPSA) is 44.8 Å². The zero-order chi connectivity index (χ0) is 17.7. The van der Waals surface area contributed by atoms with Gasteiger partial charge in [0, 0.05) is 25.7 Å². The summed E-state index contributed by atoms with van der Waals surface area (Å²) in [5, 5.41) is 3.26. The monoisotopic (exact) mass is 339 g/mol. The Morgan fingerprint density at radius 1 is 1.12 bits per heavy atom. The lowest BCUT2D eigenvalue weighted by molar-refractivity contribution is -0.135. The summed E-state index contributed by atoms with van der Waals surface area (Å²) in [7, 11) is 0. The van der Waals surface area contributed by atoms with Gasteiger partial charge in [0.15, 0.2) is 0 Å². The first-order valence-electron chi connectivity index (χ1n) is 9.83. The lowest BCUT2D eigenvalue weighted by atomic mass is 9.99. The minimum absolute atomic E-state index is 0.0603. The second-order valence-electron chi connectivity index (χ2n) is 7.95. The number of likely N-dealkylation sites (tertiary alicyclic amines) is 1. The fourth-order valence-corrected chi connectivity index (χ4v) is 4.30. The highest BCUT2D eigenvalue weighted by atomic mass is 16.5. The molecule has 1 N–H and O–H groups in total. The molecular formula is C19H37N3O2. The molecule has 2 saturated heterocycles. The number of rotatable bonds is 7. The van der Waals surface area contributed by atoms with Crippen molar-refractivity contribution >= 4 is 5.91 Å². The highest BCUT2D eigenvalue weighted by Gasteiger charge is 2.34. The zero-order valence-corrected chi connectivity index (χ0v) is 16.3. The number of hydrogen-bond acceptors (Lipinski definition) is 4. The summed E-state index contributed by atoms with van der Waals surface area (Å²) in [6.45, 7) is 15.5. The Hall–Kier alpha value is -0.650. The van der Waals surface area contributed by atoms with Crippen LogP contribution in [0.15, 0.2) is 0 Å². The third kappa shape index (κ3) is 5.17. The molecule has 2 heterocycles. The molecule has 5 heteroatoms. The summed E-state index contributed by atoms with van der Waals surface area (Å²) >= 11 is 0. The SMILES string of the molecule is CC[C@H](CNC(=O)[C@@H](C(C)C)N1C[C@@H](C)O[C@@H](C)C1)N1CCCC1. The Bertz CT molecular complexity index is 386. The average Bonchev–Trinajstić information content (AvgIpc) is 3.01. The van der Waals surface area contributed by atoms with E-state index in [1.165, 1.54) is 25.9 Å². The fourth-order valence-electron chi connectivity index (χ4n) is 4.30. The fraction of sp³-hybridized carbons (Fsp3) is 0.947. The number of ether oxygens (including phenoxy) is 1. The van der Waals surface area contributed by atoms with Gasteiger partial charge in [-0.3, -0.25) is 14.6 Å². The predicted octanol–water partition coefficient (Wildman–Crippen LogP) is 2.11. The van der Waals surface area contributed by atoms with Crippen molar-refractivity contribution in [3.8, 4) is 0 Å². The number of carbonyl (C=O) groups excluding carboxylic acids is 1. The van der Waals surface area contributed by atoms with E-state index in [0.717, 1.165) is 26.1 Å². The van der Waals surface area contributed by atoms with Crippen LogP contribution in [0.25, 0.3) is 0 Å². The summed E-state index contributed by atoms with van der Waals surface area (Å²) in [6, 6.07) is 0.418. The van der Waals surface area contributed by atoms with Gasteiger partial charge < -0.3 is 10.1 Å². The standard InChI is InChI=1S/C19H37N3O2/c1-6-17(21-9-7-8-10-21)11-20-19(23)18(14(2)3)22-12-15(4)24-16(5)13-22/h14-18H,6-13H2,1-5H3,(H,20,23)/t15-,16+,17-,18-/m1/s1. The van der Waals surface area contributed by atoms with Crippen LogP contribution in [0.2, 0.25) is 0 Å². The number of hydrogen-bond donors (Lipinski definition) is 1. The van der Waals surface area contributed by atoms with E-state index in [2.05, 4.69) is 49.7 Å². The molecule has 0 aromatic rings. The molecule has 0 radical (unpaired) electrons. The van der Waals surface area contributed by atoms with Gasteiger partial charge in [-0.1, -0.05) is 20.8 Å². The molecule has 2 fully saturated rings. The molecule has 4 atom stereocenters. The maximum absolute atomic E-state index is 12.9. The molecule has 5 nitrogen and oxygen atoms in total. The Morgan fingerprint density at radius 2 is 1.71 bits per heavy atom. The molecule has 0 aliphatic carbocycles. The Labute approximate surface area is 148 Å². The average molecular weight is 340 g/mol. The van der Waals surface area contributed by atoms with Crippen LogP contribution < -0.4 is 5.32 Å². The quantitative estimate of drug-likeness (QED) is 0.772. The maximum atomic E-state index is 12.9. The van der Waals surface area contributed by atoms with Crippen LogP contribution in [-0.4, -0.2) is 72.7 Å². The first-order valence-corrected chi connectivity index (χ1v) is 9.83. The maximum Gasteiger partial charge on any atom is 0.237 e. The number of nitrogens with zero attached hydrogens (tertiary/aromatic N) is 2. The van der Waals surface area contributed by atoms with Crippen LogP contribution in [0.4, 0.5) is 0 Å². The van der Waals surface area contributed by atoms with Gasteiger partial charge in [0.25, 0.3) is 0 Å². The van der Waals surface area contributed by atoms with Crippen LogP contribution in [0.5, 0.6) is 0 Å². The van der Waals surface area contributed by atoms with Crippen molar-refractivity contribution in [1.29, 1.82) is 0 Å². The molecule has 2 rings (SSSR count). The largest absolute Gasteiger partial charge is 0.373 e. The zero-order valence-electron chi connectivity index (χ0n) is 16.3. The predicted molar refractivity (Wildman–Crippen MR) is 98.1 cm³/mol. The van der Waals surface area contributed by atoms with E-state index in [1.807, 2.05) is 0 Å². The summed E-state index contributed by atoms with van der Waals surface area (Å²) < 4.78 is 5.83. The number of amides is 1. The van der Waals surface area contributed by atoms with Crippen molar-refractivity contribution in [2.45, 2.75) is 78.2 Å². The second kappa shape index (κ2) is 9.16. The second-order valence-corrected chi connectivity index (χ2v) is 7.95. The molecule has 140 valence electrons. The molecule has 1 amide bonds. The third-order valence-electron chi connectivity index (χ3n) is 5.38. The van der Waals surface area contributed by atoms with E-state index in [1.54, 1.807) is 0 Å². The number of nitrogens with one attached hydrogen (secondary N) is 1. The molecule has 24 heavy (non-hydrogen) atoms. The van der Waals surface area contributed by atoms with E-state index in [9.17, 15) is 4.79 Å². The van der Waals surface area contributed by atoms with Crippen LogP contribution in [0.1, 0.15) is 53.9 Å². The highest BCUT2D eigenvalue weighted by Crippen LogP contribution is 2.19. The molecule has 0 aromatic carbocycles. The highest BCUT2D eigenvalue weighted by molar-refractivity contribution is 5.82. The summed E-state index contributed by atoms with van der Waals surface area (Å²) in [5.74, 6) is 0.485. The summed E-state index contributed by atoms with van der Waals surface area (Å²) in [6.07, 6.45) is 4.07. The van der Waals surface area contributed by atoms with Crippen LogP contribution in [0.3, 0.4) is 0 Å². The molecular weight excluding hydrogens is 302 g/mol. The first kappa shape index (κ1) is 19.7. The number of morpholine rings is 1. The summed E-state index contributed by atoms with van der Waals surface area (Å²) in [4.78, 5) is 17.8. The van der Waals surface area contributed by atoms with Crippen molar-refractivity contribution < 1.29 is 9.53 Å². The van der Waals surface area contributed by atoms with Crippen molar-refractivity contribution in [2.24, 2.45) is 5.92 Å². The molecule has 2 aliphatic rings. The lowest BCUT2D eigenvalue weighted by Crippen LogP contribution is -2.58. The smallest absolute Gasteiger partial charge is 0.237 e. The van der Waals surface area contributed by atoms with Gasteiger partial charge in [-0.25, -0.2) is 0 Å². The van der Waals surface area contributed by atoms with Gasteiger partial charge in [0.2, 0.25) is 5.91 Å². The van der Waals surface area contributed by atoms with Gasteiger partial charge in [0.05, 0.1) is 18.2 Å². The van der Waals surface area contributed by atoms with Crippen molar-refractivity contribution in [3.05, 3.63) is 0 Å². The molecule has 0 aromatic heterocycles. The minimum atomic E-state index is -0.0603. The van der Waals surface area contributed by atoms with Crippen molar-refractivity contribution in [2.75, 3.05) is 32.7 Å². The molecule has 0 spiro atoms. The molecule has 0 bridgehead atoms. The van der Waals surface area contributed by atoms with Crippen LogP contribution in [0, 0.1) is 5.92 Å². The molecule has 0 unspecified atom stereocenters. The van der Waals surface area contributed by atoms with E-state index in [4.69, 9.17) is 4.74 Å². The Kier molecular flexibility index (Phi) is 7.51. The van der Waals surface area contributed by atoms with Gasteiger partial charge in [0.1, 0.15) is 0 Å². The van der Waals surface area contributed by atoms with E-state index < -0.39 is 0 Å². The Morgan fingerprint density at radius 3 is 2.21 bits per heavy atom. The minimum Gasteiger partial charge on any atom is -0.373 e. The van der Waals surface area contributed by atoms with Gasteiger partial charge in [-0.05, 0) is 52.1 Å². The van der Waals surface area contributed by atoms with Crippen LogP contribution in [-0.2, 0) is 9.53 Å². The van der Waals surface area contributed by atoms with E-state index >= 15 is 0 Å². The van der Waals surface area contributed by atoms with E-state index in [-0.39, 0.29) is 24.2 Å². The first-order chi connectivity index (χ1) is 11.4. The number of carbonyl (C=O) groups is 1. The van der Waals surface area contributed by atoms with Gasteiger partial charge in [-0.2, -0.15) is 0 Å². The lowest BCUT2D eigenvalue weighted by Gasteiger charge is -2.41.